The lowest BCUT2D eigenvalue weighted by molar-refractivity contribution is 0.0949. The van der Waals surface area contributed by atoms with Gasteiger partial charge in [-0.1, -0.05) is 37.6 Å². The third kappa shape index (κ3) is 5.14. The number of hydrogen-bond acceptors (Lipinski definition) is 4. The summed E-state index contributed by atoms with van der Waals surface area (Å²) in [6, 6.07) is 13.1. The minimum atomic E-state index is -0.0535. The highest BCUT2D eigenvalue weighted by Crippen LogP contribution is 2.24. The maximum atomic E-state index is 12.2. The Balaban J connectivity index is 1.63. The van der Waals surface area contributed by atoms with Gasteiger partial charge in [-0.05, 0) is 48.7 Å². The molecule has 0 unspecified atom stereocenters. The second-order valence-corrected chi connectivity index (χ2v) is 7.55. The molecule has 3 rings (SSSR count). The van der Waals surface area contributed by atoms with Gasteiger partial charge >= 0.3 is 0 Å². The van der Waals surface area contributed by atoms with Crippen molar-refractivity contribution in [1.29, 1.82) is 0 Å². The average Bonchev–Trinajstić information content (AvgIpc) is 3.14. The van der Waals surface area contributed by atoms with Gasteiger partial charge in [-0.3, -0.25) is 4.79 Å². The van der Waals surface area contributed by atoms with Crippen LogP contribution in [-0.4, -0.2) is 17.4 Å². The molecular formula is C22H24ClN3O2. The first-order valence-electron chi connectivity index (χ1n) is 9.25. The molecule has 6 heteroatoms. The zero-order valence-corrected chi connectivity index (χ0v) is 17.0. The fraction of sp³-hybridized carbons (Fsp3) is 0.273. The first-order valence-corrected chi connectivity index (χ1v) is 9.63. The Morgan fingerprint density at radius 3 is 2.75 bits per heavy atom. The summed E-state index contributed by atoms with van der Waals surface area (Å²) in [5, 5.41) is 6.89. The van der Waals surface area contributed by atoms with Crippen LogP contribution in [0.4, 0.5) is 5.69 Å². The smallest absolute Gasteiger partial charge is 0.251 e. The Bertz CT molecular complexity index is 966. The molecule has 28 heavy (non-hydrogen) atoms. The van der Waals surface area contributed by atoms with E-state index in [1.54, 1.807) is 6.20 Å². The monoisotopic (exact) mass is 397 g/mol. The molecule has 2 aromatic carbocycles. The Kier molecular flexibility index (Phi) is 6.37. The Morgan fingerprint density at radius 2 is 2.04 bits per heavy atom. The summed E-state index contributed by atoms with van der Waals surface area (Å²) in [4.78, 5) is 16.5. The first-order chi connectivity index (χ1) is 13.4. The highest BCUT2D eigenvalue weighted by molar-refractivity contribution is 6.30. The van der Waals surface area contributed by atoms with Gasteiger partial charge in [-0.25, -0.2) is 4.98 Å². The van der Waals surface area contributed by atoms with E-state index in [0.717, 1.165) is 16.8 Å². The fourth-order valence-electron chi connectivity index (χ4n) is 2.74. The minimum absolute atomic E-state index is 0.0535. The first kappa shape index (κ1) is 20.0. The predicted molar refractivity (Wildman–Crippen MR) is 113 cm³/mol. The van der Waals surface area contributed by atoms with Gasteiger partial charge in [0.15, 0.2) is 5.76 Å². The van der Waals surface area contributed by atoms with Crippen molar-refractivity contribution >= 4 is 23.2 Å². The average molecular weight is 398 g/mol. The van der Waals surface area contributed by atoms with Crippen LogP contribution in [0.1, 0.15) is 35.7 Å². The van der Waals surface area contributed by atoms with E-state index in [9.17, 15) is 4.79 Å². The van der Waals surface area contributed by atoms with Crippen LogP contribution in [0.2, 0.25) is 5.02 Å². The molecule has 3 aromatic rings. The van der Waals surface area contributed by atoms with Gasteiger partial charge in [0.05, 0.1) is 12.7 Å². The lowest BCUT2D eigenvalue weighted by Crippen LogP contribution is -2.27. The molecular weight excluding hydrogens is 374 g/mol. The molecule has 0 saturated carbocycles. The zero-order chi connectivity index (χ0) is 20.1. The number of nitrogens with zero attached hydrogens (tertiary/aromatic N) is 1. The number of rotatable bonds is 7. The summed E-state index contributed by atoms with van der Waals surface area (Å²) in [7, 11) is 0. The van der Waals surface area contributed by atoms with Gasteiger partial charge in [-0.15, -0.1) is 0 Å². The Hall–Kier alpha value is -2.79. The van der Waals surface area contributed by atoms with Crippen molar-refractivity contribution in [1.82, 2.24) is 10.3 Å². The number of halogens is 1. The summed E-state index contributed by atoms with van der Waals surface area (Å²) < 4.78 is 5.81. The lowest BCUT2D eigenvalue weighted by atomic mass is 10.1. The largest absolute Gasteiger partial charge is 0.439 e. The quantitative estimate of drug-likeness (QED) is 0.567. The van der Waals surface area contributed by atoms with Crippen molar-refractivity contribution in [2.24, 2.45) is 5.92 Å². The molecule has 0 saturated heterocycles. The molecule has 5 nitrogen and oxygen atoms in total. The van der Waals surface area contributed by atoms with Crippen LogP contribution >= 0.6 is 11.6 Å². The van der Waals surface area contributed by atoms with Crippen LogP contribution in [0.5, 0.6) is 0 Å². The molecule has 1 heterocycles. The predicted octanol–water partition coefficient (Wildman–Crippen LogP) is 5.30. The topological polar surface area (TPSA) is 67.2 Å². The van der Waals surface area contributed by atoms with Crippen LogP contribution in [0.25, 0.3) is 11.3 Å². The van der Waals surface area contributed by atoms with Gasteiger partial charge in [0.1, 0.15) is 0 Å². The van der Waals surface area contributed by atoms with Gasteiger partial charge in [0.25, 0.3) is 5.91 Å². The molecule has 0 aliphatic rings. The van der Waals surface area contributed by atoms with Crippen LogP contribution in [0.3, 0.4) is 0 Å². The van der Waals surface area contributed by atoms with Crippen molar-refractivity contribution in [3.8, 4) is 11.3 Å². The zero-order valence-electron chi connectivity index (χ0n) is 16.3. The summed E-state index contributed by atoms with van der Waals surface area (Å²) in [6.45, 7) is 7.21. The Morgan fingerprint density at radius 1 is 1.21 bits per heavy atom. The van der Waals surface area contributed by atoms with Gasteiger partial charge in [-0.2, -0.15) is 0 Å². The number of aromatic nitrogens is 1. The minimum Gasteiger partial charge on any atom is -0.439 e. The highest BCUT2D eigenvalue weighted by atomic mass is 35.5. The van der Waals surface area contributed by atoms with Gasteiger partial charge in [0, 0.05) is 28.4 Å². The van der Waals surface area contributed by atoms with Crippen LogP contribution in [0, 0.1) is 12.8 Å². The number of hydrogen-bond donors (Lipinski definition) is 2. The molecule has 0 bridgehead atoms. The third-order valence-corrected chi connectivity index (χ3v) is 4.49. The second kappa shape index (κ2) is 8.93. The fourth-order valence-corrected chi connectivity index (χ4v) is 2.93. The van der Waals surface area contributed by atoms with Gasteiger partial charge in [0.2, 0.25) is 5.89 Å². The summed E-state index contributed by atoms with van der Waals surface area (Å²) in [5.41, 5.74) is 3.46. The molecule has 0 radical (unpaired) electrons. The van der Waals surface area contributed by atoms with E-state index in [1.807, 2.05) is 49.4 Å². The molecule has 0 spiro atoms. The number of carbonyl (C=O) groups excluding carboxylic acids is 1. The summed E-state index contributed by atoms with van der Waals surface area (Å²) in [5.74, 6) is 1.62. The van der Waals surface area contributed by atoms with E-state index >= 15 is 0 Å². The van der Waals surface area contributed by atoms with E-state index in [1.165, 1.54) is 0 Å². The number of anilines is 1. The van der Waals surface area contributed by atoms with Crippen molar-refractivity contribution in [3.63, 3.8) is 0 Å². The number of oxazole rings is 1. The molecule has 1 aromatic heterocycles. The van der Waals surface area contributed by atoms with Crippen LogP contribution in [0.15, 0.2) is 53.1 Å². The number of carbonyl (C=O) groups is 1. The molecule has 0 atom stereocenters. The number of aryl methyl sites for hydroxylation is 1. The molecule has 2 N–H and O–H groups in total. The van der Waals surface area contributed by atoms with Crippen molar-refractivity contribution in [2.45, 2.75) is 27.3 Å². The molecule has 1 amide bonds. The molecule has 0 aliphatic heterocycles. The van der Waals surface area contributed by atoms with E-state index < -0.39 is 0 Å². The van der Waals surface area contributed by atoms with E-state index in [4.69, 9.17) is 16.0 Å². The molecule has 146 valence electrons. The lowest BCUT2D eigenvalue weighted by Gasteiger charge is -2.11. The van der Waals surface area contributed by atoms with Crippen LogP contribution in [-0.2, 0) is 6.54 Å². The van der Waals surface area contributed by atoms with E-state index in [2.05, 4.69) is 29.5 Å². The van der Waals surface area contributed by atoms with Crippen LogP contribution < -0.4 is 10.6 Å². The standard InChI is InChI=1S/C22H24ClN3O2/c1-14(2)11-26-22(27)17-7-8-19(15(3)9-17)24-13-21-25-12-20(28-21)16-5-4-6-18(23)10-16/h4-10,12,14,24H,11,13H2,1-3H3,(H,26,27). The van der Waals surface area contributed by atoms with E-state index in [-0.39, 0.29) is 5.91 Å². The third-order valence-electron chi connectivity index (χ3n) is 4.25. The summed E-state index contributed by atoms with van der Waals surface area (Å²) in [6.07, 6.45) is 1.69. The number of nitrogens with one attached hydrogen (secondary N) is 2. The maximum Gasteiger partial charge on any atom is 0.251 e. The summed E-state index contributed by atoms with van der Waals surface area (Å²) >= 11 is 6.03. The van der Waals surface area contributed by atoms with E-state index in [0.29, 0.717) is 41.2 Å². The van der Waals surface area contributed by atoms with Crippen molar-refractivity contribution < 1.29 is 9.21 Å². The van der Waals surface area contributed by atoms with Crippen molar-refractivity contribution in [3.05, 3.63) is 70.7 Å². The second-order valence-electron chi connectivity index (χ2n) is 7.12. The normalized spacial score (nSPS) is 10.9. The highest BCUT2D eigenvalue weighted by Gasteiger charge is 2.10. The van der Waals surface area contributed by atoms with Crippen molar-refractivity contribution in [2.75, 3.05) is 11.9 Å². The molecule has 0 fully saturated rings. The van der Waals surface area contributed by atoms with Gasteiger partial charge < -0.3 is 15.1 Å². The number of amides is 1. The molecule has 0 aliphatic carbocycles. The maximum absolute atomic E-state index is 12.2. The number of benzene rings is 2. The Labute approximate surface area is 170 Å². The SMILES string of the molecule is Cc1cc(C(=O)NCC(C)C)ccc1NCc1ncc(-c2cccc(Cl)c2)o1.